The van der Waals surface area contributed by atoms with Gasteiger partial charge in [-0.25, -0.2) is 36.9 Å². The van der Waals surface area contributed by atoms with Gasteiger partial charge in [-0.15, -0.1) is 0 Å². The standard InChI is InChI=1S/C18H15Cl2F3N6O3S/c1-24-33(30,31)9-2-3-13(32-18(23)17(21)22)12(4-9)28-15-6-16(27-8-26-15)29-14-5-10(19)11(20)7-25-14/h2-8,17-18,24H,1H3,(H2,25,26,27,28,29). The molecule has 0 aliphatic heterocycles. The minimum Gasteiger partial charge on any atom is -0.452 e. The molecule has 0 spiro atoms. The third-order valence-electron chi connectivity index (χ3n) is 3.96. The van der Waals surface area contributed by atoms with Crippen LogP contribution in [0.3, 0.4) is 0 Å². The van der Waals surface area contributed by atoms with Crippen LogP contribution in [0.2, 0.25) is 10.0 Å². The summed E-state index contributed by atoms with van der Waals surface area (Å²) >= 11 is 11.8. The normalized spacial score (nSPS) is 12.5. The van der Waals surface area contributed by atoms with E-state index in [1.807, 2.05) is 0 Å². The Kier molecular flexibility index (Phi) is 7.79. The van der Waals surface area contributed by atoms with Gasteiger partial charge in [0.15, 0.2) is 0 Å². The van der Waals surface area contributed by atoms with Gasteiger partial charge < -0.3 is 15.4 Å². The lowest BCUT2D eigenvalue weighted by Crippen LogP contribution is -2.21. The molecule has 0 amide bonds. The molecule has 0 aliphatic rings. The zero-order valence-electron chi connectivity index (χ0n) is 16.6. The van der Waals surface area contributed by atoms with Crippen molar-refractivity contribution in [3.8, 4) is 5.75 Å². The second-order valence-electron chi connectivity index (χ2n) is 6.19. The summed E-state index contributed by atoms with van der Waals surface area (Å²) in [6.45, 7) is 0. The summed E-state index contributed by atoms with van der Waals surface area (Å²) in [7, 11) is -2.70. The van der Waals surface area contributed by atoms with E-state index >= 15 is 0 Å². The number of benzene rings is 1. The molecule has 1 atom stereocenters. The van der Waals surface area contributed by atoms with E-state index in [0.29, 0.717) is 5.82 Å². The van der Waals surface area contributed by atoms with Crippen molar-refractivity contribution in [2.24, 2.45) is 0 Å². The molecule has 0 aliphatic carbocycles. The van der Waals surface area contributed by atoms with E-state index < -0.39 is 22.8 Å². The molecule has 0 radical (unpaired) electrons. The first-order valence-electron chi connectivity index (χ1n) is 8.92. The molecular weight excluding hydrogens is 508 g/mol. The smallest absolute Gasteiger partial charge is 0.304 e. The lowest BCUT2D eigenvalue weighted by atomic mass is 10.3. The van der Waals surface area contributed by atoms with Crippen LogP contribution in [0.5, 0.6) is 5.75 Å². The molecule has 0 saturated carbocycles. The summed E-state index contributed by atoms with van der Waals surface area (Å²) in [5.41, 5.74) is -0.132. The molecule has 9 nitrogen and oxygen atoms in total. The highest BCUT2D eigenvalue weighted by atomic mass is 35.5. The van der Waals surface area contributed by atoms with Crippen LogP contribution in [0.15, 0.2) is 47.8 Å². The number of anilines is 4. The summed E-state index contributed by atoms with van der Waals surface area (Å²) < 4.78 is 69.8. The van der Waals surface area contributed by atoms with E-state index in [1.54, 1.807) is 0 Å². The van der Waals surface area contributed by atoms with E-state index in [4.69, 9.17) is 23.2 Å². The molecule has 2 aromatic heterocycles. The minimum absolute atomic E-state index is 0.101. The van der Waals surface area contributed by atoms with E-state index in [1.165, 1.54) is 25.4 Å². The Morgan fingerprint density at radius 1 is 0.939 bits per heavy atom. The van der Waals surface area contributed by atoms with Crippen LogP contribution in [0.1, 0.15) is 0 Å². The molecule has 1 aromatic carbocycles. The molecule has 0 bridgehead atoms. The van der Waals surface area contributed by atoms with Crippen molar-refractivity contribution in [1.82, 2.24) is 19.7 Å². The Balaban J connectivity index is 1.92. The van der Waals surface area contributed by atoms with E-state index in [9.17, 15) is 21.6 Å². The highest BCUT2D eigenvalue weighted by molar-refractivity contribution is 7.89. The van der Waals surface area contributed by atoms with E-state index in [0.717, 1.165) is 24.5 Å². The third-order valence-corrected chi connectivity index (χ3v) is 6.08. The molecule has 3 aromatic rings. The fraction of sp³-hybridized carbons (Fsp3) is 0.167. The van der Waals surface area contributed by atoms with Crippen molar-refractivity contribution >= 4 is 56.4 Å². The summed E-state index contributed by atoms with van der Waals surface area (Å²) in [6.07, 6.45) is -3.85. The number of rotatable bonds is 9. The molecule has 33 heavy (non-hydrogen) atoms. The maximum Gasteiger partial charge on any atom is 0.304 e. The number of nitrogens with zero attached hydrogens (tertiary/aromatic N) is 3. The number of ether oxygens (including phenoxy) is 1. The van der Waals surface area contributed by atoms with Crippen molar-refractivity contribution in [1.29, 1.82) is 0 Å². The van der Waals surface area contributed by atoms with Crippen LogP contribution in [0, 0.1) is 0 Å². The van der Waals surface area contributed by atoms with Crippen molar-refractivity contribution in [2.45, 2.75) is 17.7 Å². The van der Waals surface area contributed by atoms with E-state index in [2.05, 4.69) is 35.0 Å². The lowest BCUT2D eigenvalue weighted by molar-refractivity contribution is -0.0665. The second-order valence-corrected chi connectivity index (χ2v) is 8.89. The minimum atomic E-state index is -3.90. The number of pyridine rings is 1. The first-order chi connectivity index (χ1) is 15.6. The molecule has 2 heterocycles. The molecule has 3 N–H and O–H groups in total. The summed E-state index contributed by atoms with van der Waals surface area (Å²) in [5, 5.41) is 6.09. The van der Waals surface area contributed by atoms with Crippen molar-refractivity contribution in [2.75, 3.05) is 17.7 Å². The number of aromatic nitrogens is 3. The Morgan fingerprint density at radius 3 is 2.24 bits per heavy atom. The predicted molar refractivity (Wildman–Crippen MR) is 117 cm³/mol. The largest absolute Gasteiger partial charge is 0.452 e. The number of hydrogen-bond donors (Lipinski definition) is 3. The van der Waals surface area contributed by atoms with Crippen LogP contribution in [0.4, 0.5) is 36.3 Å². The van der Waals surface area contributed by atoms with Crippen LogP contribution in [-0.4, -0.2) is 43.2 Å². The molecule has 176 valence electrons. The lowest BCUT2D eigenvalue weighted by Gasteiger charge is -2.16. The monoisotopic (exact) mass is 522 g/mol. The number of alkyl halides is 3. The van der Waals surface area contributed by atoms with Gasteiger partial charge in [-0.3, -0.25) is 0 Å². The van der Waals surface area contributed by atoms with Crippen LogP contribution >= 0.6 is 23.2 Å². The Hall–Kier alpha value is -2.87. The zero-order chi connectivity index (χ0) is 24.2. The fourth-order valence-electron chi connectivity index (χ4n) is 2.41. The Morgan fingerprint density at radius 2 is 1.61 bits per heavy atom. The fourth-order valence-corrected chi connectivity index (χ4v) is 3.42. The maximum absolute atomic E-state index is 13.5. The van der Waals surface area contributed by atoms with Crippen LogP contribution in [0.25, 0.3) is 0 Å². The van der Waals surface area contributed by atoms with Gasteiger partial charge in [0, 0.05) is 18.3 Å². The average Bonchev–Trinajstić information content (AvgIpc) is 2.77. The molecule has 0 saturated heterocycles. The number of nitrogens with one attached hydrogen (secondary N) is 3. The van der Waals surface area contributed by atoms with E-state index in [-0.39, 0.29) is 38.0 Å². The highest BCUT2D eigenvalue weighted by Gasteiger charge is 2.23. The maximum atomic E-state index is 13.5. The van der Waals surface area contributed by atoms with Crippen LogP contribution in [-0.2, 0) is 10.0 Å². The SMILES string of the molecule is CNS(=O)(=O)c1ccc(OC(F)C(F)F)c(Nc2cc(Nc3cc(Cl)c(Cl)cn3)ncn2)c1. The van der Waals surface area contributed by atoms with Crippen LogP contribution < -0.4 is 20.1 Å². The number of hydrogen-bond acceptors (Lipinski definition) is 8. The van der Waals surface area contributed by atoms with Gasteiger partial charge in [-0.2, -0.15) is 4.39 Å². The van der Waals surface area contributed by atoms with Gasteiger partial charge in [0.1, 0.15) is 29.5 Å². The summed E-state index contributed by atoms with van der Waals surface area (Å²) in [6, 6.07) is 6.06. The average molecular weight is 523 g/mol. The summed E-state index contributed by atoms with van der Waals surface area (Å²) in [4.78, 5) is 11.8. The van der Waals surface area contributed by atoms with Gasteiger partial charge in [-0.05, 0) is 25.2 Å². The molecule has 0 fully saturated rings. The van der Waals surface area contributed by atoms with Gasteiger partial charge in [0.25, 0.3) is 6.36 Å². The van der Waals surface area contributed by atoms with Gasteiger partial charge >= 0.3 is 6.43 Å². The quantitative estimate of drug-likeness (QED) is 0.375. The topological polar surface area (TPSA) is 118 Å². The van der Waals surface area contributed by atoms with Gasteiger partial charge in [-0.1, -0.05) is 23.2 Å². The van der Waals surface area contributed by atoms with Gasteiger partial charge in [0.05, 0.1) is 20.6 Å². The first kappa shape index (κ1) is 24.8. The zero-order valence-corrected chi connectivity index (χ0v) is 18.9. The van der Waals surface area contributed by atoms with Crippen molar-refractivity contribution in [3.05, 3.63) is 52.9 Å². The first-order valence-corrected chi connectivity index (χ1v) is 11.2. The molecule has 3 rings (SSSR count). The summed E-state index contributed by atoms with van der Waals surface area (Å²) in [5.74, 6) is 0.300. The third kappa shape index (κ3) is 6.35. The second kappa shape index (κ2) is 10.4. The van der Waals surface area contributed by atoms with Gasteiger partial charge in [0.2, 0.25) is 10.0 Å². The number of halogens is 5. The van der Waals surface area contributed by atoms with Crippen molar-refractivity contribution in [3.63, 3.8) is 0 Å². The molecule has 1 unspecified atom stereocenters. The Bertz CT molecular complexity index is 1250. The molecule has 15 heteroatoms. The predicted octanol–water partition coefficient (Wildman–Crippen LogP) is 4.51. The number of sulfonamides is 1. The molecular formula is C18H15Cl2F3N6O3S. The Labute approximate surface area is 196 Å². The van der Waals surface area contributed by atoms with Crippen molar-refractivity contribution < 1.29 is 26.3 Å². The highest BCUT2D eigenvalue weighted by Crippen LogP contribution is 2.32.